The van der Waals surface area contributed by atoms with E-state index in [4.69, 9.17) is 4.74 Å². The molecule has 1 aliphatic heterocycles. The molecule has 124 valence electrons. The molecule has 8 heteroatoms. The first-order chi connectivity index (χ1) is 10.1. The van der Waals surface area contributed by atoms with E-state index in [1.165, 1.54) is 0 Å². The van der Waals surface area contributed by atoms with Gasteiger partial charge in [0.1, 0.15) is 0 Å². The monoisotopic (exact) mass is 352 g/mol. The lowest BCUT2D eigenvalue weighted by Crippen LogP contribution is -2.33. The van der Waals surface area contributed by atoms with Crippen LogP contribution in [-0.4, -0.2) is 37.5 Å². The Morgan fingerprint density at radius 3 is 2.86 bits per heavy atom. The minimum absolute atomic E-state index is 0. The van der Waals surface area contributed by atoms with Gasteiger partial charge in [-0.15, -0.1) is 12.4 Å². The van der Waals surface area contributed by atoms with Gasteiger partial charge in [-0.05, 0) is 25.0 Å². The van der Waals surface area contributed by atoms with Gasteiger partial charge in [0.2, 0.25) is 5.91 Å². The number of alkyl halides is 2. The third-order valence-corrected chi connectivity index (χ3v) is 3.85. The maximum absolute atomic E-state index is 12.4. The number of amides is 1. The number of carbonyl (C=O) groups is 1. The summed E-state index contributed by atoms with van der Waals surface area (Å²) in [7, 11) is 0. The molecule has 1 aromatic carbocycles. The summed E-state index contributed by atoms with van der Waals surface area (Å²) in [6.45, 7) is 1.53. The van der Waals surface area contributed by atoms with Gasteiger partial charge in [0, 0.05) is 18.0 Å². The predicted octanol–water partition coefficient (Wildman–Crippen LogP) is 3.13. The molecule has 2 N–H and O–H groups in total. The molecular formula is C14H19ClF2N2O2S. The van der Waals surface area contributed by atoms with Crippen LogP contribution >= 0.6 is 24.2 Å². The zero-order chi connectivity index (χ0) is 15.1. The second kappa shape index (κ2) is 9.99. The first kappa shape index (κ1) is 19.2. The van der Waals surface area contributed by atoms with Crippen LogP contribution in [0.2, 0.25) is 0 Å². The number of carbonyl (C=O) groups excluding carboxylic acids is 1. The average Bonchev–Trinajstić information content (AvgIpc) is 2.93. The summed E-state index contributed by atoms with van der Waals surface area (Å²) in [5.41, 5.74) is 0.409. The van der Waals surface area contributed by atoms with Gasteiger partial charge in [0.15, 0.2) is 0 Å². The quantitative estimate of drug-likeness (QED) is 0.740. The Labute approximate surface area is 138 Å². The van der Waals surface area contributed by atoms with Gasteiger partial charge in [0.05, 0.1) is 18.3 Å². The maximum Gasteiger partial charge on any atom is 0.288 e. The topological polar surface area (TPSA) is 50.4 Å². The van der Waals surface area contributed by atoms with Crippen LogP contribution in [0.3, 0.4) is 0 Å². The molecule has 1 atom stereocenters. The third-order valence-electron chi connectivity index (χ3n) is 3.06. The van der Waals surface area contributed by atoms with Crippen LogP contribution in [0.4, 0.5) is 14.5 Å². The van der Waals surface area contributed by atoms with Crippen molar-refractivity contribution < 1.29 is 18.3 Å². The van der Waals surface area contributed by atoms with Gasteiger partial charge in [-0.2, -0.15) is 8.78 Å². The normalized spacial score (nSPS) is 17.3. The van der Waals surface area contributed by atoms with E-state index >= 15 is 0 Å². The number of thioether (sulfide) groups is 1. The molecule has 0 bridgehead atoms. The summed E-state index contributed by atoms with van der Waals surface area (Å²) in [5.74, 6) is -2.77. The molecule has 1 aromatic rings. The molecule has 22 heavy (non-hydrogen) atoms. The van der Waals surface area contributed by atoms with Gasteiger partial charge in [-0.1, -0.05) is 23.9 Å². The van der Waals surface area contributed by atoms with E-state index < -0.39 is 5.76 Å². The molecule has 0 radical (unpaired) electrons. The summed E-state index contributed by atoms with van der Waals surface area (Å²) in [5, 5.41) is 5.66. The smallest absolute Gasteiger partial charge is 0.288 e. The zero-order valence-electron chi connectivity index (χ0n) is 11.9. The van der Waals surface area contributed by atoms with Crippen LogP contribution < -0.4 is 10.6 Å². The molecule has 0 aliphatic carbocycles. The van der Waals surface area contributed by atoms with Crippen molar-refractivity contribution in [2.75, 3.05) is 25.0 Å². The molecule has 1 amide bonds. The van der Waals surface area contributed by atoms with E-state index in [9.17, 15) is 13.6 Å². The van der Waals surface area contributed by atoms with E-state index in [-0.39, 0.29) is 31.0 Å². The molecule has 1 aliphatic rings. The molecule has 1 unspecified atom stereocenters. The Balaban J connectivity index is 0.00000242. The van der Waals surface area contributed by atoms with Crippen molar-refractivity contribution in [3.63, 3.8) is 0 Å². The van der Waals surface area contributed by atoms with Crippen LogP contribution in [0.15, 0.2) is 29.2 Å². The van der Waals surface area contributed by atoms with Crippen LogP contribution in [-0.2, 0) is 9.53 Å². The van der Waals surface area contributed by atoms with E-state index in [1.807, 2.05) is 0 Å². The maximum atomic E-state index is 12.4. The SMILES string of the molecule is Cl.O=C(CNCC1CCCO1)Nc1ccccc1SC(F)F. The summed E-state index contributed by atoms with van der Waals surface area (Å²) in [6, 6.07) is 6.54. The van der Waals surface area contributed by atoms with Crippen LogP contribution in [0.25, 0.3) is 0 Å². The number of hydrogen-bond donors (Lipinski definition) is 2. The molecular weight excluding hydrogens is 334 g/mol. The fourth-order valence-corrected chi connectivity index (χ4v) is 2.71. The Bertz CT molecular complexity index is 474. The second-order valence-electron chi connectivity index (χ2n) is 4.69. The molecule has 0 aromatic heterocycles. The van der Waals surface area contributed by atoms with Crippen LogP contribution in [0.1, 0.15) is 12.8 Å². The Morgan fingerprint density at radius 1 is 1.41 bits per heavy atom. The number of nitrogens with one attached hydrogen (secondary N) is 2. The van der Waals surface area contributed by atoms with Gasteiger partial charge in [-0.3, -0.25) is 4.79 Å². The Morgan fingerprint density at radius 2 is 2.18 bits per heavy atom. The number of anilines is 1. The van der Waals surface area contributed by atoms with Crippen LogP contribution in [0, 0.1) is 0 Å². The van der Waals surface area contributed by atoms with Gasteiger partial charge in [0.25, 0.3) is 5.76 Å². The standard InChI is InChI=1S/C14H18F2N2O2S.ClH/c15-14(16)21-12-6-2-1-5-11(12)18-13(19)9-17-8-10-4-3-7-20-10;/h1-2,5-6,10,14,17H,3-4,7-9H2,(H,18,19);1H. The lowest BCUT2D eigenvalue weighted by Gasteiger charge is -2.12. The predicted molar refractivity (Wildman–Crippen MR) is 86.0 cm³/mol. The van der Waals surface area contributed by atoms with Crippen molar-refractivity contribution in [2.24, 2.45) is 0 Å². The van der Waals surface area contributed by atoms with E-state index in [2.05, 4.69) is 10.6 Å². The van der Waals surface area contributed by atoms with Crippen molar-refractivity contribution in [3.8, 4) is 0 Å². The lowest BCUT2D eigenvalue weighted by molar-refractivity contribution is -0.115. The largest absolute Gasteiger partial charge is 0.377 e. The number of hydrogen-bond acceptors (Lipinski definition) is 4. The van der Waals surface area contributed by atoms with Gasteiger partial charge >= 0.3 is 0 Å². The second-order valence-corrected chi connectivity index (χ2v) is 5.72. The number of benzene rings is 1. The number of halogens is 3. The summed E-state index contributed by atoms with van der Waals surface area (Å²) in [6.07, 6.45) is 2.22. The highest BCUT2D eigenvalue weighted by Gasteiger charge is 2.15. The number of para-hydroxylation sites is 1. The first-order valence-electron chi connectivity index (χ1n) is 6.81. The van der Waals surface area contributed by atoms with Crippen molar-refractivity contribution in [1.82, 2.24) is 5.32 Å². The van der Waals surface area contributed by atoms with Gasteiger partial charge < -0.3 is 15.4 Å². The Kier molecular flexibility index (Phi) is 8.70. The minimum Gasteiger partial charge on any atom is -0.377 e. The highest BCUT2D eigenvalue weighted by atomic mass is 35.5. The number of rotatable bonds is 7. The minimum atomic E-state index is -2.51. The van der Waals surface area contributed by atoms with Crippen LogP contribution in [0.5, 0.6) is 0 Å². The van der Waals surface area contributed by atoms with Crippen molar-refractivity contribution >= 4 is 35.8 Å². The zero-order valence-corrected chi connectivity index (χ0v) is 13.5. The Hall–Kier alpha value is -0.890. The van der Waals surface area contributed by atoms with Crippen molar-refractivity contribution in [3.05, 3.63) is 24.3 Å². The molecule has 1 heterocycles. The lowest BCUT2D eigenvalue weighted by atomic mass is 10.2. The number of ether oxygens (including phenoxy) is 1. The van der Waals surface area contributed by atoms with E-state index in [1.54, 1.807) is 24.3 Å². The highest BCUT2D eigenvalue weighted by molar-refractivity contribution is 7.99. The summed E-state index contributed by atoms with van der Waals surface area (Å²) < 4.78 is 30.3. The van der Waals surface area contributed by atoms with Crippen molar-refractivity contribution in [2.45, 2.75) is 29.6 Å². The van der Waals surface area contributed by atoms with Crippen molar-refractivity contribution in [1.29, 1.82) is 0 Å². The highest BCUT2D eigenvalue weighted by Crippen LogP contribution is 2.31. The first-order valence-corrected chi connectivity index (χ1v) is 7.69. The molecule has 1 saturated heterocycles. The molecule has 2 rings (SSSR count). The average molecular weight is 353 g/mol. The molecule has 4 nitrogen and oxygen atoms in total. The third kappa shape index (κ3) is 6.48. The molecule has 0 saturated carbocycles. The fraction of sp³-hybridized carbons (Fsp3) is 0.500. The van der Waals surface area contributed by atoms with Gasteiger partial charge in [-0.25, -0.2) is 0 Å². The summed E-state index contributed by atoms with van der Waals surface area (Å²) >= 11 is 0.423. The molecule has 0 spiro atoms. The van der Waals surface area contributed by atoms with E-state index in [0.29, 0.717) is 28.9 Å². The van der Waals surface area contributed by atoms with E-state index in [0.717, 1.165) is 19.4 Å². The molecule has 1 fully saturated rings. The summed E-state index contributed by atoms with van der Waals surface area (Å²) in [4.78, 5) is 12.2. The fourth-order valence-electron chi connectivity index (χ4n) is 2.12.